The number of thiazole rings is 1. The van der Waals surface area contributed by atoms with E-state index < -0.39 is 11.8 Å². The van der Waals surface area contributed by atoms with Crippen LogP contribution in [0, 0.1) is 5.82 Å². The molecule has 0 radical (unpaired) electrons. The quantitative estimate of drug-likeness (QED) is 0.532. The minimum atomic E-state index is -0.701. The van der Waals surface area contributed by atoms with Gasteiger partial charge in [-0.1, -0.05) is 24.3 Å². The number of hydrogen-bond donors (Lipinski definition) is 0. The van der Waals surface area contributed by atoms with Crippen molar-refractivity contribution >= 4 is 17.3 Å². The zero-order valence-corrected chi connectivity index (χ0v) is 13.0. The van der Waals surface area contributed by atoms with Crippen LogP contribution >= 0.6 is 11.3 Å². The van der Waals surface area contributed by atoms with Crippen molar-refractivity contribution < 1.29 is 18.7 Å². The van der Waals surface area contributed by atoms with Gasteiger partial charge in [0, 0.05) is 5.38 Å². The SMILES string of the molecule is COc1ccccc1-c1nc(C(=O)Oc2ccccc2F)cs1. The van der Waals surface area contributed by atoms with Crippen molar-refractivity contribution in [3.8, 4) is 22.1 Å². The fourth-order valence-electron chi connectivity index (χ4n) is 1.99. The van der Waals surface area contributed by atoms with Gasteiger partial charge >= 0.3 is 5.97 Å². The van der Waals surface area contributed by atoms with Gasteiger partial charge in [-0.25, -0.2) is 14.2 Å². The second-order valence-corrected chi connectivity index (χ2v) is 5.42. The molecule has 3 rings (SSSR count). The number of carbonyl (C=O) groups excluding carboxylic acids is 1. The summed E-state index contributed by atoms with van der Waals surface area (Å²) < 4.78 is 23.8. The Morgan fingerprint density at radius 2 is 1.78 bits per heavy atom. The van der Waals surface area contributed by atoms with Crippen molar-refractivity contribution in [3.05, 3.63) is 65.4 Å². The normalized spacial score (nSPS) is 10.3. The van der Waals surface area contributed by atoms with Crippen molar-refractivity contribution in [2.24, 2.45) is 0 Å². The Morgan fingerprint density at radius 3 is 2.52 bits per heavy atom. The first-order valence-electron chi connectivity index (χ1n) is 6.74. The van der Waals surface area contributed by atoms with Gasteiger partial charge in [0.1, 0.15) is 10.8 Å². The Labute approximate surface area is 136 Å². The molecule has 0 saturated carbocycles. The van der Waals surface area contributed by atoms with E-state index in [4.69, 9.17) is 9.47 Å². The van der Waals surface area contributed by atoms with E-state index in [1.165, 1.54) is 29.5 Å². The summed E-state index contributed by atoms with van der Waals surface area (Å²) in [5.41, 5.74) is 0.907. The minimum absolute atomic E-state index is 0.121. The van der Waals surface area contributed by atoms with Crippen LogP contribution in [0.3, 0.4) is 0 Å². The number of benzene rings is 2. The highest BCUT2D eigenvalue weighted by molar-refractivity contribution is 7.13. The van der Waals surface area contributed by atoms with Crippen molar-refractivity contribution in [2.45, 2.75) is 0 Å². The maximum absolute atomic E-state index is 13.5. The molecule has 0 aliphatic carbocycles. The summed E-state index contributed by atoms with van der Waals surface area (Å²) in [6.45, 7) is 0. The van der Waals surface area contributed by atoms with Crippen LogP contribution in [-0.4, -0.2) is 18.1 Å². The van der Waals surface area contributed by atoms with Crippen LogP contribution in [0.5, 0.6) is 11.5 Å². The predicted octanol–water partition coefficient (Wildman–Crippen LogP) is 4.18. The zero-order chi connectivity index (χ0) is 16.2. The molecule has 0 fully saturated rings. The Balaban J connectivity index is 1.84. The Hall–Kier alpha value is -2.73. The van der Waals surface area contributed by atoms with E-state index in [0.717, 1.165) is 5.56 Å². The van der Waals surface area contributed by atoms with Gasteiger partial charge in [0.05, 0.1) is 12.7 Å². The van der Waals surface area contributed by atoms with E-state index in [0.29, 0.717) is 10.8 Å². The number of esters is 1. The first kappa shape index (κ1) is 15.2. The second-order valence-electron chi connectivity index (χ2n) is 4.56. The van der Waals surface area contributed by atoms with E-state index in [2.05, 4.69) is 4.98 Å². The van der Waals surface area contributed by atoms with Crippen LogP contribution in [0.1, 0.15) is 10.5 Å². The molecule has 0 bridgehead atoms. The Kier molecular flexibility index (Phi) is 4.34. The molecule has 6 heteroatoms. The Morgan fingerprint density at radius 1 is 1.09 bits per heavy atom. The molecule has 1 aromatic heterocycles. The van der Waals surface area contributed by atoms with Gasteiger partial charge in [0.2, 0.25) is 0 Å². The molecule has 23 heavy (non-hydrogen) atoms. The van der Waals surface area contributed by atoms with E-state index in [-0.39, 0.29) is 11.4 Å². The first-order valence-corrected chi connectivity index (χ1v) is 7.62. The van der Waals surface area contributed by atoms with Gasteiger partial charge in [-0.2, -0.15) is 0 Å². The molecule has 116 valence electrons. The van der Waals surface area contributed by atoms with Crippen LogP contribution in [-0.2, 0) is 0 Å². The third kappa shape index (κ3) is 3.22. The lowest BCUT2D eigenvalue weighted by Crippen LogP contribution is -2.09. The maximum atomic E-state index is 13.5. The molecule has 0 N–H and O–H groups in total. The highest BCUT2D eigenvalue weighted by Gasteiger charge is 2.17. The van der Waals surface area contributed by atoms with Crippen LogP contribution in [0.25, 0.3) is 10.6 Å². The molecule has 1 heterocycles. The summed E-state index contributed by atoms with van der Waals surface area (Å²) in [5, 5.41) is 2.20. The largest absolute Gasteiger partial charge is 0.496 e. The Bertz CT molecular complexity index is 847. The molecule has 0 aliphatic heterocycles. The van der Waals surface area contributed by atoms with Crippen molar-refractivity contribution in [1.29, 1.82) is 0 Å². The lowest BCUT2D eigenvalue weighted by atomic mass is 10.2. The van der Waals surface area contributed by atoms with Gasteiger partial charge in [0.25, 0.3) is 0 Å². The predicted molar refractivity (Wildman–Crippen MR) is 85.5 cm³/mol. The summed E-state index contributed by atoms with van der Waals surface area (Å²) in [6.07, 6.45) is 0. The van der Waals surface area contributed by atoms with Crippen LogP contribution < -0.4 is 9.47 Å². The fourth-order valence-corrected chi connectivity index (χ4v) is 2.81. The maximum Gasteiger partial charge on any atom is 0.363 e. The fraction of sp³-hybridized carbons (Fsp3) is 0.0588. The highest BCUT2D eigenvalue weighted by Crippen LogP contribution is 2.32. The number of aromatic nitrogens is 1. The third-order valence-corrected chi connectivity index (χ3v) is 3.97. The number of methoxy groups -OCH3 is 1. The third-order valence-electron chi connectivity index (χ3n) is 3.09. The van der Waals surface area contributed by atoms with Gasteiger partial charge in [-0.3, -0.25) is 0 Å². The van der Waals surface area contributed by atoms with Gasteiger partial charge in [0.15, 0.2) is 17.3 Å². The number of rotatable bonds is 4. The molecule has 3 aromatic rings. The first-order chi connectivity index (χ1) is 11.2. The molecule has 0 spiro atoms. The molecule has 0 amide bonds. The number of para-hydroxylation sites is 2. The summed E-state index contributed by atoms with van der Waals surface area (Å²) in [7, 11) is 1.57. The zero-order valence-electron chi connectivity index (χ0n) is 12.2. The minimum Gasteiger partial charge on any atom is -0.496 e. The van der Waals surface area contributed by atoms with Gasteiger partial charge in [-0.15, -0.1) is 11.3 Å². The molecule has 0 atom stereocenters. The molecule has 0 aliphatic rings. The molecule has 2 aromatic carbocycles. The van der Waals surface area contributed by atoms with E-state index in [9.17, 15) is 9.18 Å². The summed E-state index contributed by atoms with van der Waals surface area (Å²) in [4.78, 5) is 16.3. The highest BCUT2D eigenvalue weighted by atomic mass is 32.1. The van der Waals surface area contributed by atoms with Gasteiger partial charge < -0.3 is 9.47 Å². The van der Waals surface area contributed by atoms with Crippen molar-refractivity contribution in [2.75, 3.05) is 7.11 Å². The number of halogens is 1. The monoisotopic (exact) mass is 329 g/mol. The van der Waals surface area contributed by atoms with E-state index in [1.54, 1.807) is 18.6 Å². The average Bonchev–Trinajstić information content (AvgIpc) is 3.07. The lowest BCUT2D eigenvalue weighted by Gasteiger charge is -2.05. The van der Waals surface area contributed by atoms with Crippen LogP contribution in [0.2, 0.25) is 0 Å². The number of carbonyl (C=O) groups is 1. The average molecular weight is 329 g/mol. The summed E-state index contributed by atoms with van der Waals surface area (Å²) >= 11 is 1.29. The van der Waals surface area contributed by atoms with E-state index in [1.807, 2.05) is 24.3 Å². The number of ether oxygens (including phenoxy) is 2. The molecular weight excluding hydrogens is 317 g/mol. The summed E-state index contributed by atoms with van der Waals surface area (Å²) in [5.74, 6) is -0.756. The number of nitrogens with zero attached hydrogens (tertiary/aromatic N) is 1. The lowest BCUT2D eigenvalue weighted by molar-refractivity contribution is 0.0722. The van der Waals surface area contributed by atoms with Crippen LogP contribution in [0.15, 0.2) is 53.9 Å². The van der Waals surface area contributed by atoms with Crippen molar-refractivity contribution in [1.82, 2.24) is 4.98 Å². The van der Waals surface area contributed by atoms with Crippen LogP contribution in [0.4, 0.5) is 4.39 Å². The summed E-state index contributed by atoms with van der Waals surface area (Å²) in [6, 6.07) is 13.1. The number of hydrogen-bond acceptors (Lipinski definition) is 5. The molecular formula is C17H12FNO3S. The van der Waals surface area contributed by atoms with Crippen molar-refractivity contribution in [3.63, 3.8) is 0 Å². The molecule has 0 saturated heterocycles. The smallest absolute Gasteiger partial charge is 0.363 e. The topological polar surface area (TPSA) is 48.4 Å². The molecule has 0 unspecified atom stereocenters. The second kappa shape index (κ2) is 6.58. The standard InChI is InChI=1S/C17H12FNO3S/c1-21-14-8-4-2-6-11(14)16-19-13(10-23-16)17(20)22-15-9-5-3-7-12(15)18/h2-10H,1H3. The van der Waals surface area contributed by atoms with Gasteiger partial charge in [-0.05, 0) is 24.3 Å². The molecule has 4 nitrogen and oxygen atoms in total. The van der Waals surface area contributed by atoms with E-state index >= 15 is 0 Å².